The zero-order chi connectivity index (χ0) is 13.0. The third-order valence-electron chi connectivity index (χ3n) is 3.32. The highest BCUT2D eigenvalue weighted by atomic mass is 35.5. The Labute approximate surface area is 118 Å². The minimum atomic E-state index is 0.263. The zero-order valence-corrected chi connectivity index (χ0v) is 11.9. The fraction of sp³-hybridized carbons (Fsp3) is 0.500. The molecule has 2 N–H and O–H groups in total. The molecular formula is C14H18ClNOS. The lowest BCUT2D eigenvalue weighted by atomic mass is 10.1. The average molecular weight is 284 g/mol. The number of rotatable bonds is 3. The van der Waals surface area contributed by atoms with E-state index in [0.717, 1.165) is 18.6 Å². The van der Waals surface area contributed by atoms with Gasteiger partial charge in [-0.2, -0.15) is 0 Å². The molecule has 0 atom stereocenters. The number of thiocarbonyl (C=S) groups is 1. The summed E-state index contributed by atoms with van der Waals surface area (Å²) in [4.78, 5) is 0.296. The number of benzene rings is 1. The molecule has 1 aromatic rings. The molecule has 0 radical (unpaired) electrons. The molecule has 0 aromatic heterocycles. The monoisotopic (exact) mass is 283 g/mol. The molecule has 0 bridgehead atoms. The van der Waals surface area contributed by atoms with Gasteiger partial charge in [-0.05, 0) is 37.8 Å². The van der Waals surface area contributed by atoms with Crippen molar-refractivity contribution in [3.63, 3.8) is 0 Å². The minimum Gasteiger partial charge on any atom is -0.490 e. The molecule has 0 aliphatic heterocycles. The van der Waals surface area contributed by atoms with Crippen LogP contribution in [0, 0.1) is 0 Å². The molecule has 0 spiro atoms. The first-order valence-electron chi connectivity index (χ1n) is 6.43. The number of hydrogen-bond donors (Lipinski definition) is 1. The highest BCUT2D eigenvalue weighted by molar-refractivity contribution is 7.80. The van der Waals surface area contributed by atoms with Crippen molar-refractivity contribution in [2.45, 2.75) is 44.6 Å². The van der Waals surface area contributed by atoms with E-state index in [1.807, 2.05) is 12.1 Å². The Hall–Kier alpha value is -0.800. The van der Waals surface area contributed by atoms with Gasteiger partial charge in [-0.3, -0.25) is 0 Å². The highest BCUT2D eigenvalue weighted by Gasteiger charge is 2.17. The predicted molar refractivity (Wildman–Crippen MR) is 79.5 cm³/mol. The maximum atomic E-state index is 6.13. The van der Waals surface area contributed by atoms with E-state index in [0.29, 0.717) is 15.6 Å². The number of nitrogens with two attached hydrogens (primary N) is 1. The van der Waals surface area contributed by atoms with E-state index in [-0.39, 0.29) is 6.10 Å². The lowest BCUT2D eigenvalue weighted by Gasteiger charge is -2.19. The van der Waals surface area contributed by atoms with Crippen molar-refractivity contribution in [3.8, 4) is 5.75 Å². The van der Waals surface area contributed by atoms with E-state index in [1.54, 1.807) is 6.07 Å². The lowest BCUT2D eigenvalue weighted by molar-refractivity contribution is 0.183. The van der Waals surface area contributed by atoms with Crippen LogP contribution in [0.4, 0.5) is 0 Å². The Balaban J connectivity index is 2.17. The fourth-order valence-electron chi connectivity index (χ4n) is 2.38. The second-order valence-electron chi connectivity index (χ2n) is 4.71. The van der Waals surface area contributed by atoms with E-state index in [1.165, 1.54) is 25.7 Å². The summed E-state index contributed by atoms with van der Waals surface area (Å²) in [6, 6.07) is 5.55. The summed E-state index contributed by atoms with van der Waals surface area (Å²) in [6.07, 6.45) is 7.53. The highest BCUT2D eigenvalue weighted by Crippen LogP contribution is 2.29. The normalized spacial score (nSPS) is 17.2. The first-order chi connectivity index (χ1) is 8.68. The standard InChI is InChI=1S/C14H18ClNOS/c15-11-8-5-9-12(13(11)14(16)18)17-10-6-3-1-2-4-7-10/h5,8-10H,1-4,6-7H2,(H2,16,18). The van der Waals surface area contributed by atoms with Crippen LogP contribution in [0.5, 0.6) is 5.75 Å². The van der Waals surface area contributed by atoms with Gasteiger partial charge in [0.15, 0.2) is 0 Å². The van der Waals surface area contributed by atoms with Gasteiger partial charge < -0.3 is 10.5 Å². The van der Waals surface area contributed by atoms with Crippen LogP contribution < -0.4 is 10.5 Å². The van der Waals surface area contributed by atoms with Gasteiger partial charge in [-0.25, -0.2) is 0 Å². The van der Waals surface area contributed by atoms with Crippen molar-refractivity contribution in [1.29, 1.82) is 0 Å². The van der Waals surface area contributed by atoms with Gasteiger partial charge in [0.05, 0.1) is 16.7 Å². The summed E-state index contributed by atoms with van der Waals surface area (Å²) in [6.45, 7) is 0. The average Bonchev–Trinajstić information content (AvgIpc) is 2.57. The summed E-state index contributed by atoms with van der Waals surface area (Å²) in [5.41, 5.74) is 6.38. The number of halogens is 1. The van der Waals surface area contributed by atoms with E-state index in [9.17, 15) is 0 Å². The van der Waals surface area contributed by atoms with Crippen molar-refractivity contribution < 1.29 is 4.74 Å². The van der Waals surface area contributed by atoms with Crippen LogP contribution in [0.25, 0.3) is 0 Å². The molecule has 0 saturated heterocycles. The maximum absolute atomic E-state index is 6.13. The SMILES string of the molecule is NC(=S)c1c(Cl)cccc1OC1CCCCCC1. The first-order valence-corrected chi connectivity index (χ1v) is 7.22. The molecule has 4 heteroatoms. The molecule has 1 fully saturated rings. The summed E-state index contributed by atoms with van der Waals surface area (Å²) < 4.78 is 6.06. The van der Waals surface area contributed by atoms with Crippen molar-refractivity contribution in [2.75, 3.05) is 0 Å². The van der Waals surface area contributed by atoms with Crippen LogP contribution in [0.3, 0.4) is 0 Å². The van der Waals surface area contributed by atoms with Crippen LogP contribution in [0.15, 0.2) is 18.2 Å². The maximum Gasteiger partial charge on any atom is 0.131 e. The van der Waals surface area contributed by atoms with Gasteiger partial charge in [0.1, 0.15) is 10.7 Å². The van der Waals surface area contributed by atoms with Crippen molar-refractivity contribution in [3.05, 3.63) is 28.8 Å². The van der Waals surface area contributed by atoms with E-state index >= 15 is 0 Å². The lowest BCUT2D eigenvalue weighted by Crippen LogP contribution is -2.19. The van der Waals surface area contributed by atoms with Crippen molar-refractivity contribution in [2.24, 2.45) is 5.73 Å². The molecule has 1 aliphatic rings. The van der Waals surface area contributed by atoms with Gasteiger partial charge in [-0.15, -0.1) is 0 Å². The third kappa shape index (κ3) is 3.36. The van der Waals surface area contributed by atoms with Gasteiger partial charge in [0.2, 0.25) is 0 Å². The topological polar surface area (TPSA) is 35.2 Å². The smallest absolute Gasteiger partial charge is 0.131 e. The van der Waals surface area contributed by atoms with E-state index in [2.05, 4.69) is 0 Å². The number of hydrogen-bond acceptors (Lipinski definition) is 2. The molecule has 0 heterocycles. The van der Waals surface area contributed by atoms with Crippen LogP contribution in [0.1, 0.15) is 44.1 Å². The van der Waals surface area contributed by atoms with Gasteiger partial charge >= 0.3 is 0 Å². The molecule has 98 valence electrons. The predicted octanol–water partition coefficient (Wildman–Crippen LogP) is 4.08. The van der Waals surface area contributed by atoms with Crippen LogP contribution in [-0.4, -0.2) is 11.1 Å². The number of ether oxygens (including phenoxy) is 1. The van der Waals surface area contributed by atoms with Crippen molar-refractivity contribution in [1.82, 2.24) is 0 Å². The minimum absolute atomic E-state index is 0.263. The molecule has 1 saturated carbocycles. The van der Waals surface area contributed by atoms with Crippen LogP contribution >= 0.6 is 23.8 Å². The fourth-order valence-corrected chi connectivity index (χ4v) is 2.92. The molecule has 0 unspecified atom stereocenters. The molecular weight excluding hydrogens is 266 g/mol. The second kappa shape index (κ2) is 6.39. The summed E-state index contributed by atoms with van der Waals surface area (Å²) >= 11 is 11.2. The molecule has 1 aliphatic carbocycles. The zero-order valence-electron chi connectivity index (χ0n) is 10.3. The summed E-state index contributed by atoms with van der Waals surface area (Å²) in [7, 11) is 0. The molecule has 1 aromatic carbocycles. The largest absolute Gasteiger partial charge is 0.490 e. The molecule has 2 rings (SSSR count). The van der Waals surface area contributed by atoms with Crippen LogP contribution in [0.2, 0.25) is 5.02 Å². The Kier molecular flexibility index (Phi) is 4.84. The third-order valence-corrected chi connectivity index (χ3v) is 3.84. The van der Waals surface area contributed by atoms with Crippen LogP contribution in [-0.2, 0) is 0 Å². The van der Waals surface area contributed by atoms with Crippen molar-refractivity contribution >= 4 is 28.8 Å². The van der Waals surface area contributed by atoms with Gasteiger partial charge in [0, 0.05) is 0 Å². The Morgan fingerprint density at radius 2 is 1.89 bits per heavy atom. The first kappa shape index (κ1) is 13.6. The summed E-state index contributed by atoms with van der Waals surface area (Å²) in [5.74, 6) is 0.724. The summed E-state index contributed by atoms with van der Waals surface area (Å²) in [5, 5.41) is 0.564. The Bertz CT molecular complexity index is 428. The van der Waals surface area contributed by atoms with E-state index in [4.69, 9.17) is 34.3 Å². The molecule has 0 amide bonds. The van der Waals surface area contributed by atoms with E-state index < -0.39 is 0 Å². The quantitative estimate of drug-likeness (QED) is 0.671. The second-order valence-corrected chi connectivity index (χ2v) is 5.56. The van der Waals surface area contributed by atoms with Gasteiger partial charge in [-0.1, -0.05) is 42.7 Å². The van der Waals surface area contributed by atoms with Gasteiger partial charge in [0.25, 0.3) is 0 Å². The Morgan fingerprint density at radius 3 is 2.50 bits per heavy atom. The molecule has 2 nitrogen and oxygen atoms in total. The Morgan fingerprint density at radius 1 is 1.22 bits per heavy atom. The molecule has 18 heavy (non-hydrogen) atoms.